The summed E-state index contributed by atoms with van der Waals surface area (Å²) in [6.07, 6.45) is 2.77. The first kappa shape index (κ1) is 12.7. The van der Waals surface area contributed by atoms with Gasteiger partial charge in [-0.1, -0.05) is 0 Å². The molecule has 1 aromatic heterocycles. The van der Waals surface area contributed by atoms with Crippen molar-refractivity contribution in [3.63, 3.8) is 0 Å². The summed E-state index contributed by atoms with van der Waals surface area (Å²) in [4.78, 5) is 19.1. The van der Waals surface area contributed by atoms with E-state index < -0.39 is 5.97 Å². The van der Waals surface area contributed by atoms with Crippen LogP contribution in [-0.4, -0.2) is 55.5 Å². The fraction of sp³-hybridized carbons (Fsp3) is 0.545. The zero-order valence-corrected chi connectivity index (χ0v) is 10.1. The molecule has 0 aromatic carbocycles. The van der Waals surface area contributed by atoms with Gasteiger partial charge in [0.05, 0.1) is 26.1 Å². The van der Waals surface area contributed by atoms with Crippen LogP contribution < -0.4 is 10.1 Å². The van der Waals surface area contributed by atoms with E-state index in [2.05, 4.69) is 20.0 Å². The van der Waals surface area contributed by atoms with Gasteiger partial charge in [-0.05, 0) is 0 Å². The lowest BCUT2D eigenvalue weighted by Crippen LogP contribution is -2.41. The lowest BCUT2D eigenvalue weighted by molar-refractivity contribution is -0.000887. The number of ether oxygens (including phenoxy) is 3. The second-order valence-electron chi connectivity index (χ2n) is 3.74. The first-order valence-corrected chi connectivity index (χ1v) is 5.65. The van der Waals surface area contributed by atoms with E-state index in [1.807, 2.05) is 0 Å². The highest BCUT2D eigenvalue weighted by Gasteiger charge is 2.15. The average Bonchev–Trinajstić information content (AvgIpc) is 2.45. The number of rotatable bonds is 4. The van der Waals surface area contributed by atoms with E-state index in [9.17, 15) is 4.79 Å². The van der Waals surface area contributed by atoms with Crippen LogP contribution in [0.5, 0.6) is 5.88 Å². The number of nitrogens with zero attached hydrogens (tertiary/aromatic N) is 2. The van der Waals surface area contributed by atoms with Crippen molar-refractivity contribution in [3.05, 3.63) is 18.1 Å². The third-order valence-corrected chi connectivity index (χ3v) is 2.43. The fourth-order valence-electron chi connectivity index (χ4n) is 1.53. The second kappa shape index (κ2) is 6.27. The Morgan fingerprint density at radius 3 is 3.22 bits per heavy atom. The average molecular weight is 253 g/mol. The van der Waals surface area contributed by atoms with Crippen LogP contribution in [0.2, 0.25) is 0 Å². The molecule has 0 aliphatic carbocycles. The van der Waals surface area contributed by atoms with E-state index in [-0.39, 0.29) is 17.7 Å². The number of methoxy groups -OCH3 is 1. The molecule has 1 saturated heterocycles. The van der Waals surface area contributed by atoms with Gasteiger partial charge in [0.25, 0.3) is 0 Å². The molecule has 1 fully saturated rings. The maximum atomic E-state index is 11.3. The highest BCUT2D eigenvalue weighted by Crippen LogP contribution is 2.07. The monoisotopic (exact) mass is 253 g/mol. The third-order valence-electron chi connectivity index (χ3n) is 2.43. The SMILES string of the molecule is COC(=O)c1cncc(OCC2CNCCO2)n1. The summed E-state index contributed by atoms with van der Waals surface area (Å²) in [5, 5.41) is 3.19. The minimum Gasteiger partial charge on any atom is -0.474 e. The number of carbonyl (C=O) groups excluding carboxylic acids is 1. The van der Waals surface area contributed by atoms with Crippen molar-refractivity contribution in [3.8, 4) is 5.88 Å². The molecule has 2 rings (SSSR count). The lowest BCUT2D eigenvalue weighted by atomic mass is 10.3. The van der Waals surface area contributed by atoms with Crippen molar-refractivity contribution in [1.29, 1.82) is 0 Å². The number of nitrogens with one attached hydrogen (secondary N) is 1. The molecule has 0 amide bonds. The number of hydrogen-bond donors (Lipinski definition) is 1. The number of morpholine rings is 1. The Labute approximate surface area is 104 Å². The van der Waals surface area contributed by atoms with Crippen molar-refractivity contribution in [2.24, 2.45) is 0 Å². The summed E-state index contributed by atoms with van der Waals surface area (Å²) >= 11 is 0. The molecule has 98 valence electrons. The van der Waals surface area contributed by atoms with Crippen LogP contribution in [0.4, 0.5) is 0 Å². The van der Waals surface area contributed by atoms with Crippen LogP contribution in [0.3, 0.4) is 0 Å². The van der Waals surface area contributed by atoms with Crippen LogP contribution in [0.25, 0.3) is 0 Å². The molecular formula is C11H15N3O4. The Hall–Kier alpha value is -1.73. The highest BCUT2D eigenvalue weighted by atomic mass is 16.5. The molecule has 0 radical (unpaired) electrons. The predicted octanol–water partition coefficient (Wildman–Crippen LogP) is -0.370. The van der Waals surface area contributed by atoms with Gasteiger partial charge in [0.15, 0.2) is 5.69 Å². The molecule has 2 heterocycles. The summed E-state index contributed by atoms with van der Waals surface area (Å²) in [7, 11) is 1.29. The molecule has 1 aliphatic rings. The first-order chi connectivity index (χ1) is 8.79. The molecular weight excluding hydrogens is 238 g/mol. The van der Waals surface area contributed by atoms with E-state index in [1.165, 1.54) is 19.5 Å². The summed E-state index contributed by atoms with van der Waals surface area (Å²) in [6, 6.07) is 0. The van der Waals surface area contributed by atoms with Crippen LogP contribution >= 0.6 is 0 Å². The predicted molar refractivity (Wildman–Crippen MR) is 61.5 cm³/mol. The van der Waals surface area contributed by atoms with Crippen LogP contribution in [0.15, 0.2) is 12.4 Å². The quantitative estimate of drug-likeness (QED) is 0.733. The van der Waals surface area contributed by atoms with Crippen molar-refractivity contribution in [2.45, 2.75) is 6.10 Å². The maximum absolute atomic E-state index is 11.3. The van der Waals surface area contributed by atoms with Crippen LogP contribution in [-0.2, 0) is 9.47 Å². The van der Waals surface area contributed by atoms with Crippen molar-refractivity contribution >= 4 is 5.97 Å². The minimum atomic E-state index is -0.538. The Kier molecular flexibility index (Phi) is 4.43. The molecule has 1 aromatic rings. The van der Waals surface area contributed by atoms with Gasteiger partial charge < -0.3 is 19.5 Å². The summed E-state index contributed by atoms with van der Waals surface area (Å²) in [6.45, 7) is 2.63. The number of esters is 1. The smallest absolute Gasteiger partial charge is 0.358 e. The summed E-state index contributed by atoms with van der Waals surface area (Å²) in [5.74, 6) is -0.254. The molecule has 1 unspecified atom stereocenters. The standard InChI is InChI=1S/C11H15N3O4/c1-16-11(15)9-5-13-6-10(14-9)18-7-8-4-12-2-3-17-8/h5-6,8,12H,2-4,7H2,1H3. The maximum Gasteiger partial charge on any atom is 0.358 e. The van der Waals surface area contributed by atoms with Gasteiger partial charge in [0.2, 0.25) is 5.88 Å². The molecule has 7 nitrogen and oxygen atoms in total. The van der Waals surface area contributed by atoms with Gasteiger partial charge in [-0.15, -0.1) is 0 Å². The van der Waals surface area contributed by atoms with Crippen LogP contribution in [0, 0.1) is 0 Å². The summed E-state index contributed by atoms with van der Waals surface area (Å²) in [5.41, 5.74) is 0.123. The van der Waals surface area contributed by atoms with Gasteiger partial charge in [0.1, 0.15) is 12.7 Å². The van der Waals surface area contributed by atoms with Gasteiger partial charge in [0, 0.05) is 13.1 Å². The van der Waals surface area contributed by atoms with Crippen molar-refractivity contribution in [2.75, 3.05) is 33.4 Å². The zero-order chi connectivity index (χ0) is 12.8. The molecule has 7 heteroatoms. The Balaban J connectivity index is 1.90. The largest absolute Gasteiger partial charge is 0.474 e. The zero-order valence-electron chi connectivity index (χ0n) is 10.1. The molecule has 0 bridgehead atoms. The third kappa shape index (κ3) is 3.38. The van der Waals surface area contributed by atoms with Crippen molar-refractivity contribution < 1.29 is 19.0 Å². The second-order valence-corrected chi connectivity index (χ2v) is 3.74. The molecule has 1 aliphatic heterocycles. The Morgan fingerprint density at radius 1 is 1.61 bits per heavy atom. The van der Waals surface area contributed by atoms with Crippen molar-refractivity contribution in [1.82, 2.24) is 15.3 Å². The van der Waals surface area contributed by atoms with E-state index in [0.29, 0.717) is 13.2 Å². The fourth-order valence-corrected chi connectivity index (χ4v) is 1.53. The molecule has 1 atom stereocenters. The van der Waals surface area contributed by atoms with E-state index in [1.54, 1.807) is 0 Å². The highest BCUT2D eigenvalue weighted by molar-refractivity contribution is 5.86. The summed E-state index contributed by atoms with van der Waals surface area (Å²) < 4.78 is 15.5. The minimum absolute atomic E-state index is 0.0117. The van der Waals surface area contributed by atoms with Gasteiger partial charge in [-0.2, -0.15) is 0 Å². The first-order valence-electron chi connectivity index (χ1n) is 5.65. The molecule has 0 saturated carbocycles. The molecule has 18 heavy (non-hydrogen) atoms. The van der Waals surface area contributed by atoms with E-state index in [4.69, 9.17) is 9.47 Å². The number of aromatic nitrogens is 2. The Morgan fingerprint density at radius 2 is 2.50 bits per heavy atom. The van der Waals surface area contributed by atoms with E-state index >= 15 is 0 Å². The van der Waals surface area contributed by atoms with Gasteiger partial charge in [-0.25, -0.2) is 9.78 Å². The number of carbonyl (C=O) groups is 1. The Bertz CT molecular complexity index is 407. The topological polar surface area (TPSA) is 82.6 Å². The molecule has 1 N–H and O–H groups in total. The van der Waals surface area contributed by atoms with Gasteiger partial charge >= 0.3 is 5.97 Å². The number of hydrogen-bond acceptors (Lipinski definition) is 7. The lowest BCUT2D eigenvalue weighted by Gasteiger charge is -2.23. The van der Waals surface area contributed by atoms with Crippen LogP contribution in [0.1, 0.15) is 10.5 Å². The van der Waals surface area contributed by atoms with E-state index in [0.717, 1.165) is 13.1 Å². The molecule has 0 spiro atoms. The van der Waals surface area contributed by atoms with Gasteiger partial charge in [-0.3, -0.25) is 4.98 Å². The normalized spacial score (nSPS) is 19.3.